The fourth-order valence-electron chi connectivity index (χ4n) is 1.92. The molecule has 1 unspecified atom stereocenters. The molecule has 0 aliphatic heterocycles. The average molecular weight is 299 g/mol. The van der Waals surface area contributed by atoms with E-state index in [-0.39, 0.29) is 6.61 Å². The Balaban J connectivity index is 2.01. The first kappa shape index (κ1) is 15.7. The van der Waals surface area contributed by atoms with Gasteiger partial charge in [0.25, 0.3) is 0 Å². The first-order valence-electron chi connectivity index (χ1n) is 6.76. The van der Waals surface area contributed by atoms with Crippen molar-refractivity contribution in [3.63, 3.8) is 0 Å². The van der Waals surface area contributed by atoms with E-state index < -0.39 is 12.1 Å². The molecule has 5 nitrogen and oxygen atoms in total. The van der Waals surface area contributed by atoms with Gasteiger partial charge in [0.05, 0.1) is 13.3 Å². The van der Waals surface area contributed by atoms with Crippen molar-refractivity contribution in [2.24, 2.45) is 5.16 Å². The predicted molar refractivity (Wildman–Crippen MR) is 82.2 cm³/mol. The lowest BCUT2D eigenvalue weighted by molar-refractivity contribution is -0.150. The van der Waals surface area contributed by atoms with E-state index in [4.69, 9.17) is 4.84 Å². The third kappa shape index (κ3) is 4.17. The van der Waals surface area contributed by atoms with Crippen LogP contribution in [0.25, 0.3) is 0 Å². The number of carbonyl (C=O) groups is 1. The van der Waals surface area contributed by atoms with Crippen LogP contribution in [-0.4, -0.2) is 24.4 Å². The Morgan fingerprint density at radius 1 is 1.18 bits per heavy atom. The van der Waals surface area contributed by atoms with Crippen LogP contribution in [0.5, 0.6) is 0 Å². The molecule has 2 aromatic rings. The van der Waals surface area contributed by atoms with Gasteiger partial charge in [0.2, 0.25) is 0 Å². The number of hydrogen-bond acceptors (Lipinski definition) is 5. The van der Waals surface area contributed by atoms with Gasteiger partial charge in [-0.2, -0.15) is 0 Å². The fourth-order valence-corrected chi connectivity index (χ4v) is 1.92. The summed E-state index contributed by atoms with van der Waals surface area (Å²) >= 11 is 0. The van der Waals surface area contributed by atoms with E-state index in [0.717, 1.165) is 5.56 Å². The second-order valence-corrected chi connectivity index (χ2v) is 4.54. The Labute approximate surface area is 128 Å². The highest BCUT2D eigenvalue weighted by Crippen LogP contribution is 2.20. The fraction of sp³-hybridized carbons (Fsp3) is 0.176. The van der Waals surface area contributed by atoms with Gasteiger partial charge >= 0.3 is 5.97 Å². The van der Waals surface area contributed by atoms with Crippen molar-refractivity contribution in [1.82, 2.24) is 0 Å². The third-order valence-corrected chi connectivity index (χ3v) is 3.07. The second kappa shape index (κ2) is 7.95. The zero-order valence-electron chi connectivity index (χ0n) is 12.2. The van der Waals surface area contributed by atoms with Gasteiger partial charge in [0.1, 0.15) is 6.61 Å². The summed E-state index contributed by atoms with van der Waals surface area (Å²) in [6, 6.07) is 16.5. The summed E-state index contributed by atoms with van der Waals surface area (Å²) in [5, 5.41) is 13.8. The molecule has 1 atom stereocenters. The normalized spacial score (nSPS) is 12.1. The number of aliphatic hydroxyl groups is 1. The van der Waals surface area contributed by atoms with E-state index in [9.17, 15) is 9.90 Å². The van der Waals surface area contributed by atoms with Gasteiger partial charge in [-0.25, -0.2) is 4.79 Å². The van der Waals surface area contributed by atoms with Crippen LogP contribution in [-0.2, 0) is 21.0 Å². The van der Waals surface area contributed by atoms with E-state index >= 15 is 0 Å². The topological polar surface area (TPSA) is 68.1 Å². The summed E-state index contributed by atoms with van der Waals surface area (Å²) in [5.41, 5.74) is 2.04. The van der Waals surface area contributed by atoms with Crippen molar-refractivity contribution in [2.45, 2.75) is 12.7 Å². The molecule has 0 aromatic heterocycles. The molecule has 0 aliphatic rings. The highest BCUT2D eigenvalue weighted by molar-refractivity contribution is 5.78. The zero-order chi connectivity index (χ0) is 15.8. The van der Waals surface area contributed by atoms with Crippen LogP contribution in [0.3, 0.4) is 0 Å². The SMILES string of the molecule is COC(=O)C(O)c1ccccc1CON=Cc1ccccc1. The van der Waals surface area contributed by atoms with Gasteiger partial charge in [-0.15, -0.1) is 0 Å². The van der Waals surface area contributed by atoms with Crippen molar-refractivity contribution in [3.05, 3.63) is 71.3 Å². The standard InChI is InChI=1S/C17H17NO4/c1-21-17(20)16(19)15-10-6-5-9-14(15)12-22-18-11-13-7-3-2-4-8-13/h2-11,16,19H,12H2,1H3. The molecule has 0 spiro atoms. The van der Waals surface area contributed by atoms with Gasteiger partial charge in [-0.3, -0.25) is 0 Å². The van der Waals surface area contributed by atoms with E-state index in [1.54, 1.807) is 30.5 Å². The molecule has 0 fully saturated rings. The molecule has 0 saturated heterocycles. The molecular weight excluding hydrogens is 282 g/mol. The molecule has 2 aromatic carbocycles. The van der Waals surface area contributed by atoms with Crippen LogP contribution < -0.4 is 0 Å². The number of oxime groups is 1. The van der Waals surface area contributed by atoms with Crippen molar-refractivity contribution in [3.8, 4) is 0 Å². The Morgan fingerprint density at radius 2 is 1.86 bits per heavy atom. The second-order valence-electron chi connectivity index (χ2n) is 4.54. The van der Waals surface area contributed by atoms with Crippen LogP contribution in [0.2, 0.25) is 0 Å². The minimum atomic E-state index is -1.33. The number of rotatable bonds is 6. The first-order valence-corrected chi connectivity index (χ1v) is 6.76. The van der Waals surface area contributed by atoms with Crippen LogP contribution >= 0.6 is 0 Å². The minimum Gasteiger partial charge on any atom is -0.467 e. The summed E-state index contributed by atoms with van der Waals surface area (Å²) in [6.45, 7) is 0.146. The molecule has 5 heteroatoms. The van der Waals surface area contributed by atoms with Gasteiger partial charge in [0.15, 0.2) is 6.10 Å². The van der Waals surface area contributed by atoms with E-state index in [1.165, 1.54) is 7.11 Å². The maximum Gasteiger partial charge on any atom is 0.339 e. The molecule has 0 heterocycles. The zero-order valence-corrected chi connectivity index (χ0v) is 12.2. The molecule has 0 bridgehead atoms. The molecule has 2 rings (SSSR count). The maximum absolute atomic E-state index is 11.4. The van der Waals surface area contributed by atoms with Crippen molar-refractivity contribution < 1.29 is 19.5 Å². The molecule has 22 heavy (non-hydrogen) atoms. The molecule has 0 radical (unpaired) electrons. The number of ether oxygens (including phenoxy) is 1. The summed E-state index contributed by atoms with van der Waals surface area (Å²) in [7, 11) is 1.23. The monoisotopic (exact) mass is 299 g/mol. The Morgan fingerprint density at radius 3 is 2.59 bits per heavy atom. The smallest absolute Gasteiger partial charge is 0.339 e. The Hall–Kier alpha value is -2.66. The number of benzene rings is 2. The minimum absolute atomic E-state index is 0.146. The molecule has 0 saturated carbocycles. The lowest BCUT2D eigenvalue weighted by Gasteiger charge is -2.12. The van der Waals surface area contributed by atoms with Crippen LogP contribution in [0, 0.1) is 0 Å². The number of esters is 1. The summed E-state index contributed by atoms with van der Waals surface area (Å²) in [6.07, 6.45) is 0.266. The molecule has 0 amide bonds. The van der Waals surface area contributed by atoms with E-state index in [1.807, 2.05) is 30.3 Å². The van der Waals surface area contributed by atoms with Crippen LogP contribution in [0.1, 0.15) is 22.8 Å². The van der Waals surface area contributed by atoms with Gasteiger partial charge < -0.3 is 14.7 Å². The number of nitrogens with zero attached hydrogens (tertiary/aromatic N) is 1. The van der Waals surface area contributed by atoms with Crippen molar-refractivity contribution >= 4 is 12.2 Å². The molecule has 114 valence electrons. The van der Waals surface area contributed by atoms with Crippen molar-refractivity contribution in [1.29, 1.82) is 0 Å². The van der Waals surface area contributed by atoms with Crippen molar-refractivity contribution in [2.75, 3.05) is 7.11 Å². The van der Waals surface area contributed by atoms with E-state index in [2.05, 4.69) is 9.89 Å². The highest BCUT2D eigenvalue weighted by atomic mass is 16.6. The molecule has 0 aliphatic carbocycles. The summed E-state index contributed by atoms with van der Waals surface area (Å²) in [4.78, 5) is 16.7. The molecule has 1 N–H and O–H groups in total. The summed E-state index contributed by atoms with van der Waals surface area (Å²) < 4.78 is 4.55. The Bertz CT molecular complexity index is 640. The van der Waals surface area contributed by atoms with Gasteiger partial charge in [-0.1, -0.05) is 59.8 Å². The largest absolute Gasteiger partial charge is 0.467 e. The number of carbonyl (C=O) groups excluding carboxylic acids is 1. The quantitative estimate of drug-likeness (QED) is 0.505. The average Bonchev–Trinajstić information content (AvgIpc) is 2.58. The molecular formula is C17H17NO4. The van der Waals surface area contributed by atoms with Crippen LogP contribution in [0.15, 0.2) is 59.8 Å². The van der Waals surface area contributed by atoms with E-state index in [0.29, 0.717) is 11.1 Å². The van der Waals surface area contributed by atoms with Crippen LogP contribution in [0.4, 0.5) is 0 Å². The predicted octanol–water partition coefficient (Wildman–Crippen LogP) is 2.44. The lowest BCUT2D eigenvalue weighted by atomic mass is 10.0. The van der Waals surface area contributed by atoms with Gasteiger partial charge in [0, 0.05) is 0 Å². The maximum atomic E-state index is 11.4. The van der Waals surface area contributed by atoms with Gasteiger partial charge in [-0.05, 0) is 16.7 Å². The Kier molecular flexibility index (Phi) is 5.68. The highest BCUT2D eigenvalue weighted by Gasteiger charge is 2.20. The number of methoxy groups -OCH3 is 1. The number of aliphatic hydroxyl groups excluding tert-OH is 1. The third-order valence-electron chi connectivity index (χ3n) is 3.07. The number of hydrogen-bond donors (Lipinski definition) is 1. The first-order chi connectivity index (χ1) is 10.7. The lowest BCUT2D eigenvalue weighted by Crippen LogP contribution is -2.15. The summed E-state index contributed by atoms with van der Waals surface area (Å²) in [5.74, 6) is -0.708.